The normalized spacial score (nSPS) is 21.0. The van der Waals surface area contributed by atoms with Gasteiger partial charge in [0.15, 0.2) is 12.4 Å². The maximum Gasteiger partial charge on any atom is 0.306 e. The van der Waals surface area contributed by atoms with Crippen molar-refractivity contribution in [1.82, 2.24) is 0 Å². The number of carbonyl (C=O) groups is 2. The minimum absolute atomic E-state index is 0.192. The maximum absolute atomic E-state index is 12.7. The van der Waals surface area contributed by atoms with Gasteiger partial charge in [-0.05, 0) is 57.8 Å². The average Bonchev–Trinajstić information content (AvgIpc) is 3.18. The lowest BCUT2D eigenvalue weighted by Gasteiger charge is -2.39. The third kappa shape index (κ3) is 27.8. The van der Waals surface area contributed by atoms with Crippen molar-refractivity contribution in [2.75, 3.05) is 19.8 Å². The van der Waals surface area contributed by atoms with Crippen LogP contribution in [0, 0.1) is 0 Å². The van der Waals surface area contributed by atoms with Crippen molar-refractivity contribution < 1.29 is 49.0 Å². The minimum atomic E-state index is -1.60. The predicted octanol–water partition coefficient (Wildman–Crippen LogP) is 8.88. The van der Waals surface area contributed by atoms with Crippen molar-refractivity contribution in [3.05, 3.63) is 48.6 Å². The highest BCUT2D eigenvalue weighted by Gasteiger charge is 2.44. The molecule has 0 bridgehead atoms. The van der Waals surface area contributed by atoms with Crippen LogP contribution in [-0.4, -0.2) is 89.0 Å². The number of aliphatic hydroxyl groups excluding tert-OH is 4. The van der Waals surface area contributed by atoms with Crippen LogP contribution in [0.25, 0.3) is 0 Å². The summed E-state index contributed by atoms with van der Waals surface area (Å²) in [5, 5.41) is 40.0. The molecule has 2 unspecified atom stereocenters. The van der Waals surface area contributed by atoms with Gasteiger partial charge < -0.3 is 39.4 Å². The van der Waals surface area contributed by atoms with Crippen molar-refractivity contribution in [3.8, 4) is 0 Å². The molecule has 0 radical (unpaired) electrons. The molecule has 0 aromatic rings. The summed E-state index contributed by atoms with van der Waals surface area (Å²) in [5.41, 5.74) is 0. The van der Waals surface area contributed by atoms with E-state index in [1.807, 2.05) is 0 Å². The van der Waals surface area contributed by atoms with E-state index >= 15 is 0 Å². The summed E-state index contributed by atoms with van der Waals surface area (Å²) in [5.74, 6) is -0.844. The molecule has 0 aromatic heterocycles. The van der Waals surface area contributed by atoms with Gasteiger partial charge in [0.2, 0.25) is 0 Å². The summed E-state index contributed by atoms with van der Waals surface area (Å²) >= 11 is 0. The Hall–Kier alpha value is -2.34. The van der Waals surface area contributed by atoms with Crippen LogP contribution in [0.15, 0.2) is 48.6 Å². The first-order valence-corrected chi connectivity index (χ1v) is 21.7. The quantitative estimate of drug-likeness (QED) is 0.0279. The molecule has 0 amide bonds. The highest BCUT2D eigenvalue weighted by molar-refractivity contribution is 5.70. The van der Waals surface area contributed by atoms with E-state index in [0.29, 0.717) is 6.42 Å². The third-order valence-corrected chi connectivity index (χ3v) is 9.72. The summed E-state index contributed by atoms with van der Waals surface area (Å²) in [7, 11) is 0. The van der Waals surface area contributed by atoms with Crippen molar-refractivity contribution in [2.45, 2.75) is 205 Å². The summed E-state index contributed by atoms with van der Waals surface area (Å²) < 4.78 is 22.1. The van der Waals surface area contributed by atoms with E-state index in [-0.39, 0.29) is 32.0 Å². The van der Waals surface area contributed by atoms with Gasteiger partial charge in [-0.15, -0.1) is 0 Å². The zero-order valence-electron chi connectivity index (χ0n) is 34.4. The first-order chi connectivity index (χ1) is 26.8. The SMILES string of the molecule is CCCCC/C=C/C/C=C/C/C=C/C/C=C/CCCCCC(=O)O[C@H](COC(=O)CCCCCCCCCCCCC)CO[C@@H]1O[C@H](CO)[C@H](O)C(O)C1O. The fraction of sp³-hybridized carbons (Fsp3) is 0.778. The van der Waals surface area contributed by atoms with Gasteiger partial charge in [0.1, 0.15) is 31.0 Å². The molecule has 10 nitrogen and oxygen atoms in total. The van der Waals surface area contributed by atoms with Gasteiger partial charge in [-0.25, -0.2) is 0 Å². The number of hydrogen-bond acceptors (Lipinski definition) is 10. The average molecular weight is 779 g/mol. The largest absolute Gasteiger partial charge is 0.462 e. The van der Waals surface area contributed by atoms with E-state index in [4.69, 9.17) is 18.9 Å². The van der Waals surface area contributed by atoms with Crippen LogP contribution < -0.4 is 0 Å². The maximum atomic E-state index is 12.7. The van der Waals surface area contributed by atoms with Crippen LogP contribution in [0.1, 0.15) is 168 Å². The Labute approximate surface area is 333 Å². The molecule has 1 saturated heterocycles. The van der Waals surface area contributed by atoms with Gasteiger partial charge in [-0.3, -0.25) is 9.59 Å². The van der Waals surface area contributed by atoms with Crippen molar-refractivity contribution in [1.29, 1.82) is 0 Å². The molecule has 1 aliphatic rings. The number of hydrogen-bond donors (Lipinski definition) is 4. The Morgan fingerprint density at radius 2 is 1.02 bits per heavy atom. The van der Waals surface area contributed by atoms with E-state index in [2.05, 4.69) is 62.5 Å². The van der Waals surface area contributed by atoms with Gasteiger partial charge in [0.25, 0.3) is 0 Å². The second-order valence-electron chi connectivity index (χ2n) is 14.8. The van der Waals surface area contributed by atoms with Crippen molar-refractivity contribution >= 4 is 11.9 Å². The molecule has 1 heterocycles. The van der Waals surface area contributed by atoms with E-state index in [1.54, 1.807) is 0 Å². The van der Waals surface area contributed by atoms with E-state index in [9.17, 15) is 30.0 Å². The fourth-order valence-corrected chi connectivity index (χ4v) is 6.23. The fourth-order valence-electron chi connectivity index (χ4n) is 6.23. The second kappa shape index (κ2) is 36.0. The first-order valence-electron chi connectivity index (χ1n) is 21.7. The van der Waals surface area contributed by atoms with Crippen LogP contribution in [0.4, 0.5) is 0 Å². The molecule has 1 aliphatic heterocycles. The Morgan fingerprint density at radius 1 is 0.564 bits per heavy atom. The summed E-state index contributed by atoms with van der Waals surface area (Å²) in [6, 6.07) is 0. The van der Waals surface area contributed by atoms with Gasteiger partial charge >= 0.3 is 11.9 Å². The predicted molar refractivity (Wildman–Crippen MR) is 219 cm³/mol. The van der Waals surface area contributed by atoms with E-state index in [0.717, 1.165) is 57.8 Å². The smallest absolute Gasteiger partial charge is 0.306 e. The number of ether oxygens (including phenoxy) is 4. The molecule has 0 spiro atoms. The van der Waals surface area contributed by atoms with E-state index < -0.39 is 49.4 Å². The number of carbonyl (C=O) groups excluding carboxylic acids is 2. The zero-order valence-corrected chi connectivity index (χ0v) is 34.4. The van der Waals surface area contributed by atoms with Crippen LogP contribution in [0.5, 0.6) is 0 Å². The number of esters is 2. The summed E-state index contributed by atoms with van der Waals surface area (Å²) in [6.45, 7) is 3.34. The molecule has 0 aromatic carbocycles. The van der Waals surface area contributed by atoms with Crippen molar-refractivity contribution in [3.63, 3.8) is 0 Å². The first kappa shape index (κ1) is 50.7. The Morgan fingerprint density at radius 3 is 1.56 bits per heavy atom. The third-order valence-electron chi connectivity index (χ3n) is 9.72. The molecule has 6 atom stereocenters. The molecule has 1 rings (SSSR count). The Balaban J connectivity index is 2.37. The lowest BCUT2D eigenvalue weighted by Crippen LogP contribution is -2.59. The minimum Gasteiger partial charge on any atom is -0.462 e. The molecule has 10 heteroatoms. The number of aliphatic hydroxyl groups is 4. The second-order valence-corrected chi connectivity index (χ2v) is 14.8. The molecule has 1 fully saturated rings. The lowest BCUT2D eigenvalue weighted by molar-refractivity contribution is -0.305. The number of allylic oxidation sites excluding steroid dienone is 8. The molecule has 0 aliphatic carbocycles. The Kier molecular flexibility index (Phi) is 33.2. The standard InChI is InChI=1S/C45H78O10/c1-3-5-7-9-11-13-15-16-17-18-19-20-21-22-24-26-28-30-32-34-41(48)54-38(37-53-45-44(51)43(50)42(49)39(35-46)55-45)36-52-40(47)33-31-29-27-25-23-14-12-10-8-6-4-2/h11,13,16-17,19-20,22,24,38-39,42-46,49-51H,3-10,12,14-15,18,21,23,25-37H2,1-2H3/b13-11+,17-16+,20-19+,24-22+/t38-,39-,42+,43?,44?,45-/m1/s1. The van der Waals surface area contributed by atoms with Crippen LogP contribution in [0.2, 0.25) is 0 Å². The van der Waals surface area contributed by atoms with Gasteiger partial charge in [0.05, 0.1) is 13.2 Å². The van der Waals surface area contributed by atoms with Crippen LogP contribution in [-0.2, 0) is 28.5 Å². The molecule has 318 valence electrons. The topological polar surface area (TPSA) is 152 Å². The molecule has 4 N–H and O–H groups in total. The summed E-state index contributed by atoms with van der Waals surface area (Å²) in [6.07, 6.45) is 34.0. The van der Waals surface area contributed by atoms with E-state index in [1.165, 1.54) is 77.0 Å². The zero-order chi connectivity index (χ0) is 40.2. The molecule has 55 heavy (non-hydrogen) atoms. The van der Waals surface area contributed by atoms with Crippen LogP contribution >= 0.6 is 0 Å². The number of unbranched alkanes of at least 4 members (excludes halogenated alkanes) is 16. The molecular formula is C45H78O10. The van der Waals surface area contributed by atoms with Gasteiger partial charge in [-0.2, -0.15) is 0 Å². The van der Waals surface area contributed by atoms with Crippen molar-refractivity contribution in [2.24, 2.45) is 0 Å². The highest BCUT2D eigenvalue weighted by Crippen LogP contribution is 2.22. The molecule has 0 saturated carbocycles. The highest BCUT2D eigenvalue weighted by atomic mass is 16.7. The molecular weight excluding hydrogens is 700 g/mol. The monoisotopic (exact) mass is 779 g/mol. The lowest BCUT2D eigenvalue weighted by atomic mass is 9.99. The van der Waals surface area contributed by atoms with Gasteiger partial charge in [0, 0.05) is 12.8 Å². The van der Waals surface area contributed by atoms with Gasteiger partial charge in [-0.1, -0.05) is 146 Å². The summed E-state index contributed by atoms with van der Waals surface area (Å²) in [4.78, 5) is 25.2. The van der Waals surface area contributed by atoms with Crippen LogP contribution in [0.3, 0.4) is 0 Å². The number of rotatable bonds is 35. The Bertz CT molecular complexity index is 1040.